The Morgan fingerprint density at radius 2 is 1.84 bits per heavy atom. The van der Waals surface area contributed by atoms with Crippen LogP contribution in [-0.2, 0) is 14.4 Å². The number of hydroxylamine groups is 1. The number of nitrogens with zero attached hydrogens (tertiary/aromatic N) is 1. The van der Waals surface area contributed by atoms with Gasteiger partial charge in [-0.2, -0.15) is 0 Å². The highest BCUT2D eigenvalue weighted by Gasteiger charge is 2.23. The molecular formula is C23H27ClN2O6. The predicted molar refractivity (Wildman–Crippen MR) is 120 cm³/mol. The number of carbonyl (C=O) groups excluding carboxylic acids is 2. The summed E-state index contributed by atoms with van der Waals surface area (Å²) >= 11 is 6.26. The molecule has 0 spiro atoms. The zero-order valence-electron chi connectivity index (χ0n) is 17.7. The first-order valence-corrected chi connectivity index (χ1v) is 11.0. The first-order valence-electron chi connectivity index (χ1n) is 10.6. The minimum absolute atomic E-state index is 0.0726. The van der Waals surface area contributed by atoms with Crippen molar-refractivity contribution in [3.63, 3.8) is 0 Å². The van der Waals surface area contributed by atoms with Crippen LogP contribution in [0, 0.1) is 0 Å². The van der Waals surface area contributed by atoms with E-state index in [2.05, 4.69) is 5.48 Å². The van der Waals surface area contributed by atoms with Crippen LogP contribution in [0.15, 0.2) is 36.1 Å². The minimum atomic E-state index is -0.769. The van der Waals surface area contributed by atoms with Gasteiger partial charge in [-0.05, 0) is 44.3 Å². The Bertz CT molecular complexity index is 935. The molecule has 2 heterocycles. The van der Waals surface area contributed by atoms with Crippen LogP contribution in [0.4, 0.5) is 0 Å². The molecule has 0 aliphatic carbocycles. The van der Waals surface area contributed by atoms with Crippen molar-refractivity contribution in [2.75, 3.05) is 26.3 Å². The van der Waals surface area contributed by atoms with E-state index in [0.717, 1.165) is 44.8 Å². The van der Waals surface area contributed by atoms with E-state index in [-0.39, 0.29) is 41.0 Å². The van der Waals surface area contributed by atoms with Gasteiger partial charge in [-0.25, -0.2) is 4.79 Å². The number of ether oxygens (including phenoxy) is 1. The van der Waals surface area contributed by atoms with Gasteiger partial charge in [0.15, 0.2) is 6.61 Å². The van der Waals surface area contributed by atoms with Crippen LogP contribution in [0.5, 0.6) is 11.5 Å². The second kappa shape index (κ2) is 11.6. The smallest absolute Gasteiger partial charge is 0.342 e. The molecule has 0 bridgehead atoms. The van der Waals surface area contributed by atoms with Gasteiger partial charge >= 0.3 is 5.97 Å². The number of halogens is 1. The first-order chi connectivity index (χ1) is 15.5. The molecule has 2 aliphatic rings. The third-order valence-corrected chi connectivity index (χ3v) is 5.49. The number of phenols is 2. The maximum atomic E-state index is 12.6. The lowest BCUT2D eigenvalue weighted by Crippen LogP contribution is -2.33. The van der Waals surface area contributed by atoms with E-state index >= 15 is 0 Å². The van der Waals surface area contributed by atoms with E-state index in [1.165, 1.54) is 6.08 Å². The number of benzene rings is 1. The maximum absolute atomic E-state index is 12.6. The van der Waals surface area contributed by atoms with Gasteiger partial charge in [0, 0.05) is 24.7 Å². The standard InChI is InChI=1S/C23H27ClN2O6/c24-22-17-13-16(25-32-15-20(29)26-10-6-7-11-26)9-5-3-1-2-4-8-12-31-23(30)21(17)18(27)14-19(22)28/h2,4-5,9,13-14,25,27-28H,1,3,6-8,10-12,15H2/b4-2?,9-5+,16-13-. The van der Waals surface area contributed by atoms with Gasteiger partial charge in [-0.1, -0.05) is 29.8 Å². The second-order valence-electron chi connectivity index (χ2n) is 7.47. The number of amides is 1. The van der Waals surface area contributed by atoms with Crippen molar-refractivity contribution >= 4 is 29.6 Å². The fraction of sp³-hybridized carbons (Fsp3) is 0.391. The molecule has 1 fully saturated rings. The lowest BCUT2D eigenvalue weighted by molar-refractivity contribution is -0.137. The Kier molecular flexibility index (Phi) is 8.58. The molecule has 1 saturated heterocycles. The van der Waals surface area contributed by atoms with Gasteiger partial charge in [0.05, 0.1) is 17.3 Å². The SMILES string of the molecule is O=C1OCCC=CCC/C=C/C(NOCC(=O)N2CCCC2)=C/c2c(Cl)c(O)cc(O)c21. The normalized spacial score (nSPS) is 20.0. The highest BCUT2D eigenvalue weighted by Crippen LogP contribution is 2.38. The Morgan fingerprint density at radius 1 is 1.12 bits per heavy atom. The maximum Gasteiger partial charge on any atom is 0.342 e. The van der Waals surface area contributed by atoms with Crippen LogP contribution >= 0.6 is 11.6 Å². The van der Waals surface area contributed by atoms with Crippen LogP contribution < -0.4 is 5.48 Å². The summed E-state index contributed by atoms with van der Waals surface area (Å²) in [5.41, 5.74) is 2.99. The molecule has 32 heavy (non-hydrogen) atoms. The van der Waals surface area contributed by atoms with Crippen molar-refractivity contribution in [3.05, 3.63) is 52.2 Å². The number of rotatable bonds is 4. The Hall–Kier alpha value is -2.97. The molecule has 0 radical (unpaired) electrons. The van der Waals surface area contributed by atoms with Gasteiger partial charge in [-0.15, -0.1) is 0 Å². The van der Waals surface area contributed by atoms with E-state index in [1.54, 1.807) is 11.0 Å². The van der Waals surface area contributed by atoms with Gasteiger partial charge in [0.25, 0.3) is 5.91 Å². The summed E-state index contributed by atoms with van der Waals surface area (Å²) in [6.07, 6.45) is 13.0. The molecule has 8 nitrogen and oxygen atoms in total. The van der Waals surface area contributed by atoms with Crippen LogP contribution in [0.1, 0.15) is 48.0 Å². The van der Waals surface area contributed by atoms with Crippen LogP contribution in [-0.4, -0.2) is 53.3 Å². The molecule has 0 aromatic heterocycles. The summed E-state index contributed by atoms with van der Waals surface area (Å²) in [6, 6.07) is 0.994. The molecule has 1 aromatic carbocycles. The summed E-state index contributed by atoms with van der Waals surface area (Å²) in [4.78, 5) is 32.0. The molecule has 0 atom stereocenters. The predicted octanol–water partition coefficient (Wildman–Crippen LogP) is 3.69. The van der Waals surface area contributed by atoms with E-state index < -0.39 is 11.7 Å². The molecule has 0 unspecified atom stereocenters. The number of carbonyl (C=O) groups is 2. The monoisotopic (exact) mass is 462 g/mol. The quantitative estimate of drug-likeness (QED) is 0.355. The first kappa shape index (κ1) is 23.7. The van der Waals surface area contributed by atoms with Crippen molar-refractivity contribution in [2.24, 2.45) is 0 Å². The summed E-state index contributed by atoms with van der Waals surface area (Å²) in [6.45, 7) is 1.42. The summed E-state index contributed by atoms with van der Waals surface area (Å²) in [7, 11) is 0. The van der Waals surface area contributed by atoms with Crippen molar-refractivity contribution in [3.8, 4) is 11.5 Å². The van der Waals surface area contributed by atoms with Gasteiger partial charge < -0.3 is 19.8 Å². The number of hydrogen-bond donors (Lipinski definition) is 3. The Morgan fingerprint density at radius 3 is 2.62 bits per heavy atom. The topological polar surface area (TPSA) is 108 Å². The molecule has 2 aliphatic heterocycles. The molecule has 1 aromatic rings. The number of esters is 1. The summed E-state index contributed by atoms with van der Waals surface area (Å²) < 4.78 is 5.25. The number of cyclic esters (lactones) is 1. The van der Waals surface area contributed by atoms with E-state index in [4.69, 9.17) is 21.2 Å². The number of fused-ring (bicyclic) bond motifs is 1. The Labute approximate surface area is 191 Å². The average Bonchev–Trinajstić information content (AvgIpc) is 3.30. The molecule has 1 amide bonds. The number of phenolic OH excluding ortho intramolecular Hbond substituents is 2. The fourth-order valence-electron chi connectivity index (χ4n) is 3.44. The van der Waals surface area contributed by atoms with E-state index in [0.29, 0.717) is 12.1 Å². The largest absolute Gasteiger partial charge is 0.507 e. The van der Waals surface area contributed by atoms with Gasteiger partial charge in [0.1, 0.15) is 17.1 Å². The fourth-order valence-corrected chi connectivity index (χ4v) is 3.64. The third-order valence-electron chi connectivity index (χ3n) is 5.09. The van der Waals surface area contributed by atoms with E-state index in [9.17, 15) is 19.8 Å². The lowest BCUT2D eigenvalue weighted by Gasteiger charge is -2.16. The number of nitrogens with one attached hydrogen (secondary N) is 1. The van der Waals surface area contributed by atoms with Gasteiger partial charge in [0.2, 0.25) is 0 Å². The zero-order valence-corrected chi connectivity index (χ0v) is 18.4. The highest BCUT2D eigenvalue weighted by molar-refractivity contribution is 6.34. The molecule has 172 valence electrons. The molecule has 9 heteroatoms. The summed E-state index contributed by atoms with van der Waals surface area (Å²) in [5, 5.41) is 20.3. The van der Waals surface area contributed by atoms with E-state index in [1.807, 2.05) is 18.2 Å². The lowest BCUT2D eigenvalue weighted by atomic mass is 10.0. The molecule has 0 saturated carbocycles. The van der Waals surface area contributed by atoms with Crippen molar-refractivity contribution in [2.45, 2.75) is 32.1 Å². The summed E-state index contributed by atoms with van der Waals surface area (Å²) in [5.74, 6) is -1.74. The van der Waals surface area contributed by atoms with Crippen molar-refractivity contribution in [1.82, 2.24) is 10.4 Å². The van der Waals surface area contributed by atoms with Crippen LogP contribution in [0.25, 0.3) is 6.08 Å². The van der Waals surface area contributed by atoms with Crippen LogP contribution in [0.2, 0.25) is 5.02 Å². The second-order valence-corrected chi connectivity index (χ2v) is 7.85. The van der Waals surface area contributed by atoms with Crippen molar-refractivity contribution < 1.29 is 29.4 Å². The van der Waals surface area contributed by atoms with Crippen LogP contribution in [0.3, 0.4) is 0 Å². The highest BCUT2D eigenvalue weighted by atomic mass is 35.5. The van der Waals surface area contributed by atoms with Crippen molar-refractivity contribution in [1.29, 1.82) is 0 Å². The minimum Gasteiger partial charge on any atom is -0.507 e. The zero-order chi connectivity index (χ0) is 22.9. The van der Waals surface area contributed by atoms with Gasteiger partial charge in [-0.3, -0.25) is 15.1 Å². The average molecular weight is 463 g/mol. The third kappa shape index (κ3) is 6.27. The molecule has 3 rings (SSSR count). The number of likely N-dealkylation sites (tertiary alicyclic amines) is 1. The number of aromatic hydroxyl groups is 2. The molecular weight excluding hydrogens is 436 g/mol. The number of allylic oxidation sites excluding steroid dienone is 3. The Balaban J connectivity index is 1.88. The number of hydrogen-bond acceptors (Lipinski definition) is 7. The molecule has 3 N–H and O–H groups in total.